The van der Waals surface area contributed by atoms with Crippen molar-refractivity contribution in [3.8, 4) is 0 Å². The molecular formula is C18H25N3O2. The number of hydrogen-bond donors (Lipinski definition) is 2. The zero-order valence-electron chi connectivity index (χ0n) is 13.9. The molecule has 2 fully saturated rings. The standard InChI is InChI=1S/C18H25N3O2/c1-12-4-3-9-21(11-12)18(23)20-16-10-14(6-5-13(16)2)17(22)19-15-7-8-15/h5-6,10,12,15H,3-4,7-9,11H2,1-2H3,(H,19,22)(H,20,23)/t12-/m1/s1. The molecule has 124 valence electrons. The first-order valence-electron chi connectivity index (χ1n) is 8.50. The highest BCUT2D eigenvalue weighted by molar-refractivity contribution is 5.97. The van der Waals surface area contributed by atoms with Crippen LogP contribution in [0.5, 0.6) is 0 Å². The highest BCUT2D eigenvalue weighted by atomic mass is 16.2. The van der Waals surface area contributed by atoms with Crippen LogP contribution in [-0.4, -0.2) is 36.0 Å². The van der Waals surface area contributed by atoms with Gasteiger partial charge >= 0.3 is 6.03 Å². The summed E-state index contributed by atoms with van der Waals surface area (Å²) in [6.07, 6.45) is 4.36. The van der Waals surface area contributed by atoms with Gasteiger partial charge in [-0.2, -0.15) is 0 Å². The molecule has 1 heterocycles. The maximum Gasteiger partial charge on any atom is 0.321 e. The first kappa shape index (κ1) is 15.8. The summed E-state index contributed by atoms with van der Waals surface area (Å²) in [4.78, 5) is 26.5. The second-order valence-corrected chi connectivity index (χ2v) is 6.90. The molecule has 1 aromatic rings. The number of carbonyl (C=O) groups excluding carboxylic acids is 2. The number of nitrogens with one attached hydrogen (secondary N) is 2. The van der Waals surface area contributed by atoms with Crippen LogP contribution >= 0.6 is 0 Å². The molecule has 3 rings (SSSR count). The molecule has 1 atom stereocenters. The number of piperidine rings is 1. The molecule has 1 saturated carbocycles. The molecule has 3 amide bonds. The Morgan fingerprint density at radius 3 is 2.70 bits per heavy atom. The van der Waals surface area contributed by atoms with Gasteiger partial charge in [-0.25, -0.2) is 4.79 Å². The predicted molar refractivity (Wildman–Crippen MR) is 90.7 cm³/mol. The molecule has 2 N–H and O–H groups in total. The van der Waals surface area contributed by atoms with Crippen LogP contribution in [0.1, 0.15) is 48.5 Å². The van der Waals surface area contributed by atoms with Crippen molar-refractivity contribution < 1.29 is 9.59 Å². The summed E-state index contributed by atoms with van der Waals surface area (Å²) in [5, 5.41) is 5.95. The molecule has 0 aromatic heterocycles. The number of carbonyl (C=O) groups is 2. The van der Waals surface area contributed by atoms with Crippen LogP contribution < -0.4 is 10.6 Å². The Labute approximate surface area is 137 Å². The second-order valence-electron chi connectivity index (χ2n) is 6.90. The van der Waals surface area contributed by atoms with Gasteiger partial charge in [-0.1, -0.05) is 13.0 Å². The minimum Gasteiger partial charge on any atom is -0.349 e. The minimum atomic E-state index is -0.0700. The number of nitrogens with zero attached hydrogens (tertiary/aromatic N) is 1. The number of aryl methyl sites for hydroxylation is 1. The van der Waals surface area contributed by atoms with E-state index in [1.54, 1.807) is 6.07 Å². The zero-order valence-corrected chi connectivity index (χ0v) is 13.9. The Morgan fingerprint density at radius 1 is 1.22 bits per heavy atom. The number of amides is 3. The van der Waals surface area contributed by atoms with E-state index in [0.29, 0.717) is 17.5 Å². The number of likely N-dealkylation sites (tertiary alicyclic amines) is 1. The molecule has 0 radical (unpaired) electrons. The van der Waals surface area contributed by atoms with Gasteiger partial charge in [-0.3, -0.25) is 4.79 Å². The Kier molecular flexibility index (Phi) is 4.55. The molecule has 1 saturated heterocycles. The Hall–Kier alpha value is -2.04. The number of anilines is 1. The van der Waals surface area contributed by atoms with Crippen molar-refractivity contribution in [3.05, 3.63) is 29.3 Å². The maximum atomic E-state index is 12.4. The van der Waals surface area contributed by atoms with Crippen LogP contribution in [0.4, 0.5) is 10.5 Å². The van der Waals surface area contributed by atoms with Gasteiger partial charge < -0.3 is 15.5 Å². The fourth-order valence-electron chi connectivity index (χ4n) is 2.96. The molecule has 0 spiro atoms. The second kappa shape index (κ2) is 6.60. The van der Waals surface area contributed by atoms with Crippen LogP contribution in [0.25, 0.3) is 0 Å². The van der Waals surface area contributed by atoms with Crippen molar-refractivity contribution in [2.45, 2.75) is 45.6 Å². The third-order valence-corrected chi connectivity index (χ3v) is 4.60. The summed E-state index contributed by atoms with van der Waals surface area (Å²) < 4.78 is 0. The average Bonchev–Trinajstić information content (AvgIpc) is 3.33. The lowest BCUT2D eigenvalue weighted by atomic mass is 10.0. The molecule has 5 heteroatoms. The van der Waals surface area contributed by atoms with Crippen molar-refractivity contribution in [1.29, 1.82) is 0 Å². The van der Waals surface area contributed by atoms with E-state index in [1.807, 2.05) is 24.0 Å². The van der Waals surface area contributed by atoms with E-state index in [4.69, 9.17) is 0 Å². The van der Waals surface area contributed by atoms with Gasteiger partial charge in [-0.15, -0.1) is 0 Å². The fraction of sp³-hybridized carbons (Fsp3) is 0.556. The average molecular weight is 315 g/mol. The SMILES string of the molecule is Cc1ccc(C(=O)NC2CC2)cc1NC(=O)N1CCC[C@@H](C)C1. The smallest absolute Gasteiger partial charge is 0.321 e. The lowest BCUT2D eigenvalue weighted by molar-refractivity contribution is 0.0951. The Balaban J connectivity index is 1.68. The first-order valence-corrected chi connectivity index (χ1v) is 8.50. The minimum absolute atomic E-state index is 0.0606. The zero-order chi connectivity index (χ0) is 16.4. The van der Waals surface area contributed by atoms with Gasteiger partial charge in [-0.05, 0) is 56.2 Å². The molecule has 1 aliphatic carbocycles. The maximum absolute atomic E-state index is 12.4. The Morgan fingerprint density at radius 2 is 2.00 bits per heavy atom. The van der Waals surface area contributed by atoms with Crippen molar-refractivity contribution in [2.24, 2.45) is 5.92 Å². The normalized spacial score (nSPS) is 21.0. The number of hydrogen-bond acceptors (Lipinski definition) is 2. The summed E-state index contributed by atoms with van der Waals surface area (Å²) in [6, 6.07) is 5.73. The van der Waals surface area contributed by atoms with Crippen molar-refractivity contribution in [3.63, 3.8) is 0 Å². The summed E-state index contributed by atoms with van der Waals surface area (Å²) in [5.74, 6) is 0.487. The number of rotatable bonds is 3. The topological polar surface area (TPSA) is 61.4 Å². The molecule has 0 bridgehead atoms. The molecule has 1 aliphatic heterocycles. The summed E-state index contributed by atoms with van der Waals surface area (Å²) >= 11 is 0. The lowest BCUT2D eigenvalue weighted by Crippen LogP contribution is -2.41. The highest BCUT2D eigenvalue weighted by Gasteiger charge is 2.24. The van der Waals surface area contributed by atoms with E-state index < -0.39 is 0 Å². The van der Waals surface area contributed by atoms with E-state index in [1.165, 1.54) is 6.42 Å². The monoisotopic (exact) mass is 315 g/mol. The van der Waals surface area contributed by atoms with Gasteiger partial charge in [0, 0.05) is 30.4 Å². The van der Waals surface area contributed by atoms with Crippen LogP contribution in [0, 0.1) is 12.8 Å². The molecule has 5 nitrogen and oxygen atoms in total. The van der Waals surface area contributed by atoms with Gasteiger partial charge in [0.15, 0.2) is 0 Å². The van der Waals surface area contributed by atoms with Gasteiger partial charge in [0.05, 0.1) is 0 Å². The number of urea groups is 1. The molecule has 23 heavy (non-hydrogen) atoms. The van der Waals surface area contributed by atoms with E-state index in [-0.39, 0.29) is 11.9 Å². The van der Waals surface area contributed by atoms with E-state index in [2.05, 4.69) is 17.6 Å². The molecular weight excluding hydrogens is 290 g/mol. The highest BCUT2D eigenvalue weighted by Crippen LogP contribution is 2.22. The first-order chi connectivity index (χ1) is 11.0. The number of benzene rings is 1. The fourth-order valence-corrected chi connectivity index (χ4v) is 2.96. The lowest BCUT2D eigenvalue weighted by Gasteiger charge is -2.31. The van der Waals surface area contributed by atoms with Crippen LogP contribution in [0.2, 0.25) is 0 Å². The predicted octanol–water partition coefficient (Wildman–Crippen LogP) is 3.15. The quantitative estimate of drug-likeness (QED) is 0.900. The molecule has 0 unspecified atom stereocenters. The van der Waals surface area contributed by atoms with Crippen LogP contribution in [-0.2, 0) is 0 Å². The van der Waals surface area contributed by atoms with Gasteiger partial charge in [0.2, 0.25) is 0 Å². The Bertz CT molecular complexity index is 610. The van der Waals surface area contributed by atoms with Crippen molar-refractivity contribution in [1.82, 2.24) is 10.2 Å². The van der Waals surface area contributed by atoms with Gasteiger partial charge in [0.25, 0.3) is 5.91 Å². The summed E-state index contributed by atoms with van der Waals surface area (Å²) in [6.45, 7) is 5.72. The third-order valence-electron chi connectivity index (χ3n) is 4.60. The van der Waals surface area contributed by atoms with Crippen molar-refractivity contribution >= 4 is 17.6 Å². The summed E-state index contributed by atoms with van der Waals surface area (Å²) in [5.41, 5.74) is 2.29. The van der Waals surface area contributed by atoms with Gasteiger partial charge in [0.1, 0.15) is 0 Å². The molecule has 2 aliphatic rings. The van der Waals surface area contributed by atoms with Crippen molar-refractivity contribution in [2.75, 3.05) is 18.4 Å². The summed E-state index contributed by atoms with van der Waals surface area (Å²) in [7, 11) is 0. The van der Waals surface area contributed by atoms with E-state index in [0.717, 1.165) is 43.6 Å². The largest absolute Gasteiger partial charge is 0.349 e. The molecule has 1 aromatic carbocycles. The van der Waals surface area contributed by atoms with E-state index >= 15 is 0 Å². The van der Waals surface area contributed by atoms with Crippen LogP contribution in [0.15, 0.2) is 18.2 Å². The van der Waals surface area contributed by atoms with Crippen LogP contribution in [0.3, 0.4) is 0 Å². The van der Waals surface area contributed by atoms with E-state index in [9.17, 15) is 9.59 Å². The third kappa shape index (κ3) is 4.03.